The topological polar surface area (TPSA) is 110 Å². The lowest BCUT2D eigenvalue weighted by atomic mass is 10.2. The Labute approximate surface area is 120 Å². The van der Waals surface area contributed by atoms with Crippen LogP contribution in [0.1, 0.15) is 16.2 Å². The number of aldehydes is 1. The summed E-state index contributed by atoms with van der Waals surface area (Å²) in [6.45, 7) is -0.807. The van der Waals surface area contributed by atoms with E-state index >= 15 is 0 Å². The molecule has 2 aromatic rings. The number of carbonyl (C=O) groups is 2. The van der Waals surface area contributed by atoms with E-state index in [0.29, 0.717) is 11.0 Å². The van der Waals surface area contributed by atoms with E-state index in [4.69, 9.17) is 4.74 Å². The summed E-state index contributed by atoms with van der Waals surface area (Å²) >= 11 is 0. The molecule has 1 aromatic heterocycles. The second-order valence-corrected chi connectivity index (χ2v) is 3.91. The first-order valence-electron chi connectivity index (χ1n) is 5.60. The van der Waals surface area contributed by atoms with Gasteiger partial charge < -0.3 is 14.6 Å². The van der Waals surface area contributed by atoms with Crippen LogP contribution in [0.15, 0.2) is 18.2 Å². The van der Waals surface area contributed by atoms with Crippen molar-refractivity contribution in [3.05, 3.63) is 29.6 Å². The Bertz CT molecular complexity index is 714. The molecule has 0 N–H and O–H groups in total. The number of carbonyl (C=O) groups excluding carboxylic acids is 2. The van der Waals surface area contributed by atoms with Crippen molar-refractivity contribution in [1.82, 2.24) is 20.2 Å². The molecule has 0 atom stereocenters. The molecule has 0 amide bonds. The van der Waals surface area contributed by atoms with Gasteiger partial charge in [0.1, 0.15) is 12.4 Å². The van der Waals surface area contributed by atoms with Crippen LogP contribution in [0.4, 0.5) is 13.2 Å². The molecule has 0 saturated heterocycles. The molecule has 0 aliphatic carbocycles. The first-order valence-corrected chi connectivity index (χ1v) is 5.60. The van der Waals surface area contributed by atoms with Gasteiger partial charge in [-0.25, -0.2) is 0 Å². The number of hydrogen-bond donors (Lipinski definition) is 0. The van der Waals surface area contributed by atoms with Crippen LogP contribution in [0.2, 0.25) is 0 Å². The van der Waals surface area contributed by atoms with Gasteiger partial charge in [0, 0.05) is 0 Å². The fourth-order valence-electron chi connectivity index (χ4n) is 1.57. The van der Waals surface area contributed by atoms with Crippen LogP contribution < -0.4 is 9.84 Å². The van der Waals surface area contributed by atoms with E-state index in [1.807, 2.05) is 0 Å². The van der Waals surface area contributed by atoms with Gasteiger partial charge in [-0.1, -0.05) is 0 Å². The normalized spacial score (nSPS) is 11.2. The molecular formula is C11H6F3N4O4-. The summed E-state index contributed by atoms with van der Waals surface area (Å²) in [6.07, 6.45) is -4.49. The van der Waals surface area contributed by atoms with Gasteiger partial charge in [0.25, 0.3) is 5.82 Å². The Morgan fingerprint density at radius 3 is 2.73 bits per heavy atom. The highest BCUT2D eigenvalue weighted by atomic mass is 19.4. The molecule has 0 aliphatic rings. The third kappa shape index (κ3) is 3.19. The second kappa shape index (κ2) is 5.79. The Kier molecular flexibility index (Phi) is 4.06. The third-order valence-electron chi connectivity index (χ3n) is 2.43. The fourth-order valence-corrected chi connectivity index (χ4v) is 1.57. The molecule has 0 saturated carbocycles. The van der Waals surface area contributed by atoms with Gasteiger partial charge >= 0.3 is 6.18 Å². The van der Waals surface area contributed by atoms with Gasteiger partial charge in [-0.05, 0) is 28.6 Å². The number of halogens is 3. The lowest BCUT2D eigenvalue weighted by Gasteiger charge is -2.11. The molecule has 1 heterocycles. The first kappa shape index (κ1) is 15.4. The highest BCUT2D eigenvalue weighted by Gasteiger charge is 2.38. The highest BCUT2D eigenvalue weighted by molar-refractivity contribution is 5.80. The summed E-state index contributed by atoms with van der Waals surface area (Å²) in [4.78, 5) is 21.3. The van der Waals surface area contributed by atoms with E-state index in [9.17, 15) is 27.9 Å². The summed E-state index contributed by atoms with van der Waals surface area (Å²) in [7, 11) is 0. The van der Waals surface area contributed by atoms with E-state index in [1.165, 1.54) is 0 Å². The molecule has 0 spiro atoms. The monoisotopic (exact) mass is 315 g/mol. The Morgan fingerprint density at radius 2 is 2.14 bits per heavy atom. The Hall–Kier alpha value is -2.98. The molecule has 0 aliphatic heterocycles. The van der Waals surface area contributed by atoms with Crippen molar-refractivity contribution in [1.29, 1.82) is 0 Å². The van der Waals surface area contributed by atoms with Crippen molar-refractivity contribution in [2.24, 2.45) is 0 Å². The molecule has 0 bridgehead atoms. The van der Waals surface area contributed by atoms with Gasteiger partial charge in [0.05, 0.1) is 17.2 Å². The van der Waals surface area contributed by atoms with Crippen molar-refractivity contribution >= 4 is 12.3 Å². The van der Waals surface area contributed by atoms with Crippen LogP contribution in [0.25, 0.3) is 5.69 Å². The van der Waals surface area contributed by atoms with Gasteiger partial charge in [-0.15, -0.1) is 5.10 Å². The molecule has 2 rings (SSSR count). The minimum Gasteiger partial charge on any atom is -0.546 e. The number of aliphatic carboxylic acids is 1. The molecule has 116 valence electrons. The zero-order valence-corrected chi connectivity index (χ0v) is 10.6. The molecule has 1 aromatic carbocycles. The Morgan fingerprint density at radius 1 is 1.41 bits per heavy atom. The van der Waals surface area contributed by atoms with E-state index < -0.39 is 24.6 Å². The van der Waals surface area contributed by atoms with E-state index in [-0.39, 0.29) is 17.0 Å². The van der Waals surface area contributed by atoms with Crippen LogP contribution in [-0.4, -0.2) is 39.1 Å². The lowest BCUT2D eigenvalue weighted by molar-refractivity contribution is -0.307. The number of carboxylic acid groups (broad SMARTS) is 1. The molecule has 0 unspecified atom stereocenters. The summed E-state index contributed by atoms with van der Waals surface area (Å²) in [6, 6.07) is 3.30. The fraction of sp³-hybridized carbons (Fsp3) is 0.182. The van der Waals surface area contributed by atoms with Crippen molar-refractivity contribution < 1.29 is 32.6 Å². The Balaban J connectivity index is 2.40. The summed E-state index contributed by atoms with van der Waals surface area (Å²) in [5.74, 6) is -3.00. The molecule has 22 heavy (non-hydrogen) atoms. The molecule has 0 radical (unpaired) electrons. The van der Waals surface area contributed by atoms with Crippen LogP contribution in [0.3, 0.4) is 0 Å². The summed E-state index contributed by atoms with van der Waals surface area (Å²) < 4.78 is 43.3. The number of rotatable bonds is 5. The number of ether oxygens (including phenoxy) is 1. The first-order chi connectivity index (χ1) is 10.3. The number of hydrogen-bond acceptors (Lipinski definition) is 7. The number of carboxylic acids is 1. The van der Waals surface area contributed by atoms with Crippen LogP contribution in [-0.2, 0) is 11.0 Å². The number of benzene rings is 1. The van der Waals surface area contributed by atoms with Crippen molar-refractivity contribution in [3.63, 3.8) is 0 Å². The predicted molar refractivity (Wildman–Crippen MR) is 60.0 cm³/mol. The maximum absolute atomic E-state index is 12.7. The molecule has 8 nitrogen and oxygen atoms in total. The van der Waals surface area contributed by atoms with Crippen LogP contribution in [0.5, 0.6) is 5.75 Å². The quantitative estimate of drug-likeness (QED) is 0.692. The average Bonchev–Trinajstić information content (AvgIpc) is 2.94. The number of tetrazole rings is 1. The van der Waals surface area contributed by atoms with Crippen molar-refractivity contribution in [3.8, 4) is 11.4 Å². The second-order valence-electron chi connectivity index (χ2n) is 3.91. The van der Waals surface area contributed by atoms with Crippen molar-refractivity contribution in [2.45, 2.75) is 6.18 Å². The van der Waals surface area contributed by atoms with Gasteiger partial charge in [0.15, 0.2) is 6.29 Å². The molecule has 11 heteroatoms. The van der Waals surface area contributed by atoms with Gasteiger partial charge in [0.2, 0.25) is 0 Å². The largest absolute Gasteiger partial charge is 0.546 e. The molecular weight excluding hydrogens is 309 g/mol. The maximum Gasteiger partial charge on any atom is 0.453 e. The van der Waals surface area contributed by atoms with Crippen LogP contribution in [0, 0.1) is 0 Å². The van der Waals surface area contributed by atoms with Gasteiger partial charge in [-0.2, -0.15) is 17.9 Å². The summed E-state index contributed by atoms with van der Waals surface area (Å²) in [5, 5.41) is 19.3. The number of alkyl halides is 3. The van der Waals surface area contributed by atoms with Gasteiger partial charge in [-0.3, -0.25) is 4.79 Å². The van der Waals surface area contributed by atoms with E-state index in [1.54, 1.807) is 0 Å². The lowest BCUT2D eigenvalue weighted by Crippen LogP contribution is -2.29. The average molecular weight is 315 g/mol. The van der Waals surface area contributed by atoms with E-state index in [0.717, 1.165) is 18.2 Å². The zero-order valence-electron chi connectivity index (χ0n) is 10.6. The smallest absolute Gasteiger partial charge is 0.453 e. The predicted octanol–water partition coefficient (Wildman–Crippen LogP) is -0.378. The van der Waals surface area contributed by atoms with Crippen molar-refractivity contribution in [2.75, 3.05) is 6.61 Å². The number of nitrogens with zero attached hydrogens (tertiary/aromatic N) is 4. The number of aromatic nitrogens is 4. The van der Waals surface area contributed by atoms with Crippen LogP contribution >= 0.6 is 0 Å². The highest BCUT2D eigenvalue weighted by Crippen LogP contribution is 2.29. The minimum absolute atomic E-state index is 0.121. The summed E-state index contributed by atoms with van der Waals surface area (Å²) in [5.41, 5.74) is -0.303. The molecule has 0 fully saturated rings. The SMILES string of the molecule is O=Cc1cc(-n2nnnc2C(F)(F)F)ccc1OCC(=O)[O-]. The third-order valence-corrected chi connectivity index (χ3v) is 2.43. The zero-order chi connectivity index (χ0) is 16.3. The standard InChI is InChI=1S/C11H7F3N4O4/c12-11(13,14)10-15-16-17-18(10)7-1-2-8(6(3-7)4-19)22-5-9(20)21/h1-4H,5H2,(H,20,21)/p-1. The maximum atomic E-state index is 12.7. The minimum atomic E-state index is -4.78. The van der Waals surface area contributed by atoms with E-state index in [2.05, 4.69) is 15.5 Å².